The Balaban J connectivity index is 3.05. The average Bonchev–Trinajstić information content (AvgIpc) is 2.16. The van der Waals surface area contributed by atoms with Gasteiger partial charge in [0.05, 0.1) is 12.8 Å². The van der Waals surface area contributed by atoms with Gasteiger partial charge in [-0.05, 0) is 13.0 Å². The van der Waals surface area contributed by atoms with E-state index in [4.69, 9.17) is 4.74 Å². The molecule has 0 radical (unpaired) electrons. The molecular formula is C10H13NO2. The van der Waals surface area contributed by atoms with Gasteiger partial charge in [0.2, 0.25) is 5.88 Å². The molecule has 1 heterocycles. The van der Waals surface area contributed by atoms with Crippen LogP contribution in [0.4, 0.5) is 0 Å². The molecule has 0 amide bonds. The Hall–Kier alpha value is -1.38. The number of rotatable bonds is 3. The van der Waals surface area contributed by atoms with Gasteiger partial charge in [-0.2, -0.15) is 0 Å². The van der Waals surface area contributed by atoms with Crippen molar-refractivity contribution in [2.75, 3.05) is 7.11 Å². The molecule has 1 rings (SSSR count). The van der Waals surface area contributed by atoms with E-state index >= 15 is 0 Å². The first kappa shape index (κ1) is 9.71. The third-order valence-electron chi connectivity index (χ3n) is 1.89. The van der Waals surface area contributed by atoms with Crippen LogP contribution < -0.4 is 4.74 Å². The highest BCUT2D eigenvalue weighted by atomic mass is 16.5. The Labute approximate surface area is 77.8 Å². The number of methoxy groups -OCH3 is 1. The zero-order valence-corrected chi connectivity index (χ0v) is 8.13. The van der Waals surface area contributed by atoms with Crippen LogP contribution in [0.1, 0.15) is 29.4 Å². The van der Waals surface area contributed by atoms with E-state index < -0.39 is 0 Å². The Morgan fingerprint density at radius 1 is 1.54 bits per heavy atom. The van der Waals surface area contributed by atoms with Gasteiger partial charge >= 0.3 is 0 Å². The van der Waals surface area contributed by atoms with Crippen LogP contribution in [0.25, 0.3) is 0 Å². The summed E-state index contributed by atoms with van der Waals surface area (Å²) < 4.78 is 4.94. The molecule has 0 atom stereocenters. The van der Waals surface area contributed by atoms with E-state index in [0.29, 0.717) is 17.9 Å². The van der Waals surface area contributed by atoms with E-state index in [0.717, 1.165) is 5.69 Å². The fourth-order valence-corrected chi connectivity index (χ4v) is 1.14. The number of carbonyl (C=O) groups is 1. The Morgan fingerprint density at radius 2 is 2.23 bits per heavy atom. The molecule has 0 saturated carbocycles. The maximum absolute atomic E-state index is 11.4. The van der Waals surface area contributed by atoms with Crippen LogP contribution in [0.3, 0.4) is 0 Å². The predicted octanol–water partition coefficient (Wildman–Crippen LogP) is 1.99. The second-order valence-corrected chi connectivity index (χ2v) is 2.76. The molecule has 1 aromatic heterocycles. The van der Waals surface area contributed by atoms with Crippen molar-refractivity contribution in [3.8, 4) is 5.88 Å². The summed E-state index contributed by atoms with van der Waals surface area (Å²) in [4.78, 5) is 15.5. The number of ether oxygens (including phenoxy) is 1. The Kier molecular flexibility index (Phi) is 3.01. The van der Waals surface area contributed by atoms with E-state index in [9.17, 15) is 4.79 Å². The predicted molar refractivity (Wildman–Crippen MR) is 50.1 cm³/mol. The molecule has 1 aromatic rings. The lowest BCUT2D eigenvalue weighted by Crippen LogP contribution is -2.02. The first-order chi connectivity index (χ1) is 6.19. The zero-order chi connectivity index (χ0) is 9.84. The number of hydrogen-bond acceptors (Lipinski definition) is 3. The van der Waals surface area contributed by atoms with Crippen LogP contribution >= 0.6 is 0 Å². The molecule has 3 heteroatoms. The minimum Gasteiger partial charge on any atom is -0.481 e. The number of aryl methyl sites for hydroxylation is 1. The van der Waals surface area contributed by atoms with Gasteiger partial charge in [0.1, 0.15) is 0 Å². The van der Waals surface area contributed by atoms with Gasteiger partial charge in [-0.3, -0.25) is 4.79 Å². The highest BCUT2D eigenvalue weighted by Crippen LogP contribution is 2.13. The summed E-state index contributed by atoms with van der Waals surface area (Å²) in [7, 11) is 1.56. The standard InChI is InChI=1S/C10H13NO2/c1-4-9(12)8-5-6-10(13-3)11-7(8)2/h5-6H,4H2,1-3H3. The van der Waals surface area contributed by atoms with Crippen LogP contribution in [0.15, 0.2) is 12.1 Å². The Bertz CT molecular complexity index is 321. The van der Waals surface area contributed by atoms with Crippen molar-refractivity contribution in [1.82, 2.24) is 4.98 Å². The average molecular weight is 179 g/mol. The van der Waals surface area contributed by atoms with Crippen molar-refractivity contribution in [3.05, 3.63) is 23.4 Å². The summed E-state index contributed by atoms with van der Waals surface area (Å²) in [6.45, 7) is 3.65. The van der Waals surface area contributed by atoms with E-state index in [1.807, 2.05) is 13.8 Å². The number of carbonyl (C=O) groups excluding carboxylic acids is 1. The number of hydrogen-bond donors (Lipinski definition) is 0. The summed E-state index contributed by atoms with van der Waals surface area (Å²) in [6.07, 6.45) is 0.509. The van der Waals surface area contributed by atoms with Gasteiger partial charge in [-0.1, -0.05) is 6.92 Å². The molecule has 0 fully saturated rings. The molecule has 70 valence electrons. The van der Waals surface area contributed by atoms with Crippen molar-refractivity contribution >= 4 is 5.78 Å². The second-order valence-electron chi connectivity index (χ2n) is 2.76. The lowest BCUT2D eigenvalue weighted by Gasteiger charge is -2.04. The smallest absolute Gasteiger partial charge is 0.213 e. The summed E-state index contributed by atoms with van der Waals surface area (Å²) >= 11 is 0. The van der Waals surface area contributed by atoms with Crippen LogP contribution in [0, 0.1) is 6.92 Å². The van der Waals surface area contributed by atoms with Crippen LogP contribution in [-0.4, -0.2) is 17.9 Å². The fourth-order valence-electron chi connectivity index (χ4n) is 1.14. The summed E-state index contributed by atoms with van der Waals surface area (Å²) in [6, 6.07) is 3.46. The van der Waals surface area contributed by atoms with Gasteiger partial charge in [0.15, 0.2) is 5.78 Å². The van der Waals surface area contributed by atoms with E-state index in [2.05, 4.69) is 4.98 Å². The van der Waals surface area contributed by atoms with E-state index in [1.165, 1.54) is 0 Å². The normalized spacial score (nSPS) is 9.77. The SMILES string of the molecule is CCC(=O)c1ccc(OC)nc1C. The van der Waals surface area contributed by atoms with Gasteiger partial charge in [-0.15, -0.1) is 0 Å². The lowest BCUT2D eigenvalue weighted by atomic mass is 10.1. The molecule has 0 saturated heterocycles. The maximum atomic E-state index is 11.4. The van der Waals surface area contributed by atoms with Crippen molar-refractivity contribution in [1.29, 1.82) is 0 Å². The zero-order valence-electron chi connectivity index (χ0n) is 8.13. The summed E-state index contributed by atoms with van der Waals surface area (Å²) in [5.41, 5.74) is 1.41. The molecule has 13 heavy (non-hydrogen) atoms. The topological polar surface area (TPSA) is 39.2 Å². The second kappa shape index (κ2) is 4.03. The highest BCUT2D eigenvalue weighted by Gasteiger charge is 2.08. The number of nitrogens with zero attached hydrogens (tertiary/aromatic N) is 1. The summed E-state index contributed by atoms with van der Waals surface area (Å²) in [5, 5.41) is 0. The molecule has 0 bridgehead atoms. The van der Waals surface area contributed by atoms with Crippen molar-refractivity contribution < 1.29 is 9.53 Å². The van der Waals surface area contributed by atoms with Gasteiger partial charge in [0, 0.05) is 18.1 Å². The molecule has 0 unspecified atom stereocenters. The highest BCUT2D eigenvalue weighted by molar-refractivity contribution is 5.96. The number of aromatic nitrogens is 1. The quantitative estimate of drug-likeness (QED) is 0.666. The van der Waals surface area contributed by atoms with Gasteiger partial charge < -0.3 is 4.74 Å². The lowest BCUT2D eigenvalue weighted by molar-refractivity contribution is 0.0987. The molecule has 0 N–H and O–H groups in total. The first-order valence-corrected chi connectivity index (χ1v) is 4.24. The van der Waals surface area contributed by atoms with Crippen molar-refractivity contribution in [2.45, 2.75) is 20.3 Å². The number of ketones is 1. The third kappa shape index (κ3) is 2.05. The minimum atomic E-state index is 0.118. The molecule has 0 aliphatic rings. The van der Waals surface area contributed by atoms with Crippen molar-refractivity contribution in [3.63, 3.8) is 0 Å². The van der Waals surface area contributed by atoms with E-state index in [1.54, 1.807) is 19.2 Å². The van der Waals surface area contributed by atoms with Crippen LogP contribution in [0.2, 0.25) is 0 Å². The molecule has 0 aromatic carbocycles. The third-order valence-corrected chi connectivity index (χ3v) is 1.89. The molecular weight excluding hydrogens is 166 g/mol. The number of Topliss-reactive ketones (excluding diaryl/α,β-unsaturated/α-hetero) is 1. The Morgan fingerprint density at radius 3 is 2.69 bits per heavy atom. The molecule has 0 aliphatic heterocycles. The molecule has 3 nitrogen and oxygen atoms in total. The maximum Gasteiger partial charge on any atom is 0.213 e. The van der Waals surface area contributed by atoms with Crippen LogP contribution in [-0.2, 0) is 0 Å². The van der Waals surface area contributed by atoms with Crippen LogP contribution in [0.5, 0.6) is 5.88 Å². The van der Waals surface area contributed by atoms with Gasteiger partial charge in [0.25, 0.3) is 0 Å². The largest absolute Gasteiger partial charge is 0.481 e. The fraction of sp³-hybridized carbons (Fsp3) is 0.400. The van der Waals surface area contributed by atoms with Gasteiger partial charge in [-0.25, -0.2) is 4.98 Å². The monoisotopic (exact) mass is 179 g/mol. The first-order valence-electron chi connectivity index (χ1n) is 4.24. The van der Waals surface area contributed by atoms with E-state index in [-0.39, 0.29) is 5.78 Å². The van der Waals surface area contributed by atoms with Crippen molar-refractivity contribution in [2.24, 2.45) is 0 Å². The number of pyridine rings is 1. The minimum absolute atomic E-state index is 0.118. The molecule has 0 aliphatic carbocycles. The molecule has 0 spiro atoms. The summed E-state index contributed by atoms with van der Waals surface area (Å²) in [5.74, 6) is 0.665.